The van der Waals surface area contributed by atoms with Gasteiger partial charge in [-0.15, -0.1) is 10.2 Å². The second kappa shape index (κ2) is 8.23. The number of hydrogen-bond donors (Lipinski definition) is 2. The molecule has 0 aliphatic carbocycles. The molecule has 0 unspecified atom stereocenters. The molecule has 0 fully saturated rings. The van der Waals surface area contributed by atoms with Crippen molar-refractivity contribution in [3.8, 4) is 11.4 Å². The highest BCUT2D eigenvalue weighted by Gasteiger charge is 2.20. The molecule has 0 aliphatic rings. The van der Waals surface area contributed by atoms with Gasteiger partial charge in [0, 0.05) is 29.9 Å². The number of aryl methyl sites for hydroxylation is 1. The molecular formula is C18H13N7O5S. The van der Waals surface area contributed by atoms with Crippen LogP contribution in [0.25, 0.3) is 11.4 Å². The summed E-state index contributed by atoms with van der Waals surface area (Å²) in [5.74, 6) is -1.03. The first kappa shape index (κ1) is 20.0. The lowest BCUT2D eigenvalue weighted by Crippen LogP contribution is -2.12. The average molecular weight is 439 g/mol. The number of rotatable bonds is 6. The Kier molecular flexibility index (Phi) is 5.32. The largest absolute Gasteiger partial charge is 0.439 e. The van der Waals surface area contributed by atoms with E-state index < -0.39 is 16.6 Å². The Morgan fingerprint density at radius 2 is 2.13 bits per heavy atom. The summed E-state index contributed by atoms with van der Waals surface area (Å²) in [7, 11) is 1.72. The van der Waals surface area contributed by atoms with Gasteiger partial charge in [0.25, 0.3) is 11.6 Å². The molecule has 12 nitrogen and oxygen atoms in total. The van der Waals surface area contributed by atoms with E-state index >= 15 is 0 Å². The zero-order chi connectivity index (χ0) is 22.0. The van der Waals surface area contributed by atoms with Crippen LogP contribution in [0, 0.1) is 10.1 Å². The minimum atomic E-state index is -0.698. The Morgan fingerprint density at radius 1 is 1.29 bits per heavy atom. The standard InChI is InChI=1S/C18H13N7O5S/c1-24-9-19-22-17(24)31-14-6-5-11(8-13(14)25(28)29)16(26)20-12-4-2-3-10(7-12)15-21-18(27)30-23-15/h2-9H,1H3,(H,20,26)(H,21,23,27). The van der Waals surface area contributed by atoms with E-state index in [2.05, 4.69) is 30.2 Å². The van der Waals surface area contributed by atoms with Gasteiger partial charge in [0.1, 0.15) is 6.33 Å². The van der Waals surface area contributed by atoms with Gasteiger partial charge in [0.2, 0.25) is 0 Å². The van der Waals surface area contributed by atoms with Crippen molar-refractivity contribution in [1.29, 1.82) is 0 Å². The summed E-state index contributed by atoms with van der Waals surface area (Å²) in [5.41, 5.74) is 0.806. The number of carbonyl (C=O) groups excluding carboxylic acids is 1. The van der Waals surface area contributed by atoms with Crippen molar-refractivity contribution in [1.82, 2.24) is 24.9 Å². The monoisotopic (exact) mass is 439 g/mol. The lowest BCUT2D eigenvalue weighted by Gasteiger charge is -2.08. The number of aromatic nitrogens is 5. The third-order valence-electron chi connectivity index (χ3n) is 4.12. The van der Waals surface area contributed by atoms with Crippen LogP contribution < -0.4 is 11.1 Å². The quantitative estimate of drug-likeness (QED) is 0.339. The third kappa shape index (κ3) is 4.35. The fourth-order valence-corrected chi connectivity index (χ4v) is 3.50. The van der Waals surface area contributed by atoms with Gasteiger partial charge in [0.15, 0.2) is 11.0 Å². The van der Waals surface area contributed by atoms with Crippen molar-refractivity contribution >= 4 is 29.0 Å². The van der Waals surface area contributed by atoms with E-state index in [-0.39, 0.29) is 17.1 Å². The van der Waals surface area contributed by atoms with Crippen molar-refractivity contribution in [2.45, 2.75) is 10.1 Å². The number of H-pyrrole nitrogens is 1. The fraction of sp³-hybridized carbons (Fsp3) is 0.0556. The topological polar surface area (TPSA) is 162 Å². The van der Waals surface area contributed by atoms with E-state index in [1.807, 2.05) is 0 Å². The maximum Gasteiger partial charge on any atom is 0.439 e. The second-order valence-electron chi connectivity index (χ2n) is 6.24. The number of nitro groups is 1. The maximum atomic E-state index is 12.7. The van der Waals surface area contributed by atoms with Crippen LogP contribution in [-0.4, -0.2) is 35.7 Å². The molecule has 2 aromatic carbocycles. The number of carbonyl (C=O) groups is 1. The van der Waals surface area contributed by atoms with Crippen molar-refractivity contribution in [2.24, 2.45) is 7.05 Å². The number of nitrogens with zero attached hydrogens (tertiary/aromatic N) is 5. The molecule has 0 spiro atoms. The molecule has 0 aliphatic heterocycles. The van der Waals surface area contributed by atoms with Crippen LogP contribution in [0.2, 0.25) is 0 Å². The number of benzene rings is 2. The molecule has 4 rings (SSSR count). The molecule has 31 heavy (non-hydrogen) atoms. The molecule has 0 radical (unpaired) electrons. The molecular weight excluding hydrogens is 426 g/mol. The first-order valence-electron chi connectivity index (χ1n) is 8.69. The summed E-state index contributed by atoms with van der Waals surface area (Å²) in [6.45, 7) is 0. The number of nitrogens with one attached hydrogen (secondary N) is 2. The molecule has 0 atom stereocenters. The second-order valence-corrected chi connectivity index (χ2v) is 7.25. The molecule has 0 bridgehead atoms. The number of anilines is 1. The van der Waals surface area contributed by atoms with E-state index in [0.29, 0.717) is 21.3 Å². The number of hydrogen-bond acceptors (Lipinski definition) is 9. The van der Waals surface area contributed by atoms with Crippen LogP contribution in [0.5, 0.6) is 0 Å². The lowest BCUT2D eigenvalue weighted by atomic mass is 10.1. The van der Waals surface area contributed by atoms with E-state index in [9.17, 15) is 19.7 Å². The van der Waals surface area contributed by atoms with Crippen LogP contribution in [0.15, 0.2) is 68.2 Å². The van der Waals surface area contributed by atoms with Crippen LogP contribution >= 0.6 is 11.8 Å². The molecule has 156 valence electrons. The minimum absolute atomic E-state index is 0.106. The van der Waals surface area contributed by atoms with Gasteiger partial charge in [0.05, 0.1) is 9.82 Å². The lowest BCUT2D eigenvalue weighted by molar-refractivity contribution is -0.387. The van der Waals surface area contributed by atoms with E-state index in [1.54, 1.807) is 35.9 Å². The van der Waals surface area contributed by atoms with Crippen LogP contribution in [0.4, 0.5) is 11.4 Å². The van der Waals surface area contributed by atoms with Crippen molar-refractivity contribution in [3.63, 3.8) is 0 Å². The van der Waals surface area contributed by atoms with Gasteiger partial charge in [-0.05, 0) is 36.0 Å². The SMILES string of the molecule is Cn1cnnc1Sc1ccc(C(=O)Nc2cccc(-c3noc(=O)[nH]3)c2)cc1[N+](=O)[O-]. The Morgan fingerprint density at radius 3 is 2.81 bits per heavy atom. The Hall–Kier alpha value is -4.26. The highest BCUT2D eigenvalue weighted by Crippen LogP contribution is 2.34. The Labute approximate surface area is 177 Å². The molecule has 2 N–H and O–H groups in total. The maximum absolute atomic E-state index is 12.7. The highest BCUT2D eigenvalue weighted by atomic mass is 32.2. The van der Waals surface area contributed by atoms with E-state index in [1.165, 1.54) is 24.5 Å². The molecule has 1 amide bonds. The fourth-order valence-electron chi connectivity index (χ4n) is 2.65. The van der Waals surface area contributed by atoms with Gasteiger partial charge in [-0.3, -0.25) is 24.4 Å². The molecule has 13 heteroatoms. The van der Waals surface area contributed by atoms with Gasteiger partial charge in [-0.2, -0.15) is 0 Å². The van der Waals surface area contributed by atoms with Crippen molar-refractivity contribution in [2.75, 3.05) is 5.32 Å². The smallest absolute Gasteiger partial charge is 0.322 e. The molecule has 0 saturated carbocycles. The van der Waals surface area contributed by atoms with Crippen molar-refractivity contribution < 1.29 is 14.2 Å². The van der Waals surface area contributed by atoms with Gasteiger partial charge in [-0.25, -0.2) is 4.79 Å². The first-order chi connectivity index (χ1) is 14.9. The Balaban J connectivity index is 1.57. The summed E-state index contributed by atoms with van der Waals surface area (Å²) < 4.78 is 6.11. The Bertz CT molecular complexity index is 1340. The van der Waals surface area contributed by atoms with Crippen LogP contribution in [-0.2, 0) is 7.05 Å². The number of aromatic amines is 1. The zero-order valence-corrected chi connectivity index (χ0v) is 16.6. The van der Waals surface area contributed by atoms with E-state index in [0.717, 1.165) is 11.8 Å². The normalized spacial score (nSPS) is 10.7. The van der Waals surface area contributed by atoms with Crippen molar-refractivity contribution in [3.05, 3.63) is 75.0 Å². The van der Waals surface area contributed by atoms with Crippen LogP contribution in [0.1, 0.15) is 10.4 Å². The minimum Gasteiger partial charge on any atom is -0.322 e. The predicted octanol–water partition coefficient (Wildman–Crippen LogP) is 2.47. The average Bonchev–Trinajstić information content (AvgIpc) is 3.36. The summed E-state index contributed by atoms with van der Waals surface area (Å²) in [4.78, 5) is 37.5. The summed E-state index contributed by atoms with van der Waals surface area (Å²) >= 11 is 1.07. The summed E-state index contributed by atoms with van der Waals surface area (Å²) in [6.07, 6.45) is 1.48. The van der Waals surface area contributed by atoms with E-state index in [4.69, 9.17) is 0 Å². The molecule has 0 saturated heterocycles. The first-order valence-corrected chi connectivity index (χ1v) is 9.50. The summed E-state index contributed by atoms with van der Waals surface area (Å²) in [6, 6.07) is 10.7. The number of amides is 1. The molecule has 2 heterocycles. The summed E-state index contributed by atoms with van der Waals surface area (Å²) in [5, 5.41) is 25.9. The predicted molar refractivity (Wildman–Crippen MR) is 109 cm³/mol. The molecule has 2 aromatic heterocycles. The number of nitro benzene ring substituents is 1. The van der Waals surface area contributed by atoms with Gasteiger partial charge >= 0.3 is 5.76 Å². The highest BCUT2D eigenvalue weighted by molar-refractivity contribution is 7.99. The molecule has 4 aromatic rings. The van der Waals surface area contributed by atoms with Crippen LogP contribution in [0.3, 0.4) is 0 Å². The zero-order valence-electron chi connectivity index (χ0n) is 15.8. The van der Waals surface area contributed by atoms with Gasteiger partial charge < -0.3 is 9.88 Å². The third-order valence-corrected chi connectivity index (χ3v) is 5.24. The van der Waals surface area contributed by atoms with Gasteiger partial charge in [-0.1, -0.05) is 17.3 Å².